The number of rotatable bonds is 8. The van der Waals surface area contributed by atoms with Gasteiger partial charge in [0.25, 0.3) is 0 Å². The van der Waals surface area contributed by atoms with Crippen molar-refractivity contribution in [1.29, 1.82) is 0 Å². The standard InChI is InChI=1S/C19H32N4O2S/c1-15(2)9-10-16(3)22-19(20-4)21-12-14-26(24,25)23-13-11-17-7-5-6-8-18(17)23/h5-8,15-16H,9-14H2,1-4H3,(H2,20,21,22). The van der Waals surface area contributed by atoms with Gasteiger partial charge in [0.2, 0.25) is 10.0 Å². The summed E-state index contributed by atoms with van der Waals surface area (Å²) in [7, 11) is -1.64. The third-order valence-corrected chi connectivity index (χ3v) is 6.39. The molecule has 0 saturated carbocycles. The Hall–Kier alpha value is -1.76. The van der Waals surface area contributed by atoms with Crippen molar-refractivity contribution in [3.63, 3.8) is 0 Å². The number of sulfonamides is 1. The highest BCUT2D eigenvalue weighted by Crippen LogP contribution is 2.29. The Morgan fingerprint density at radius 3 is 2.65 bits per heavy atom. The normalized spacial score (nSPS) is 15.9. The lowest BCUT2D eigenvalue weighted by Crippen LogP contribution is -2.45. The lowest BCUT2D eigenvalue weighted by atomic mass is 10.0. The molecule has 1 aliphatic rings. The van der Waals surface area contributed by atoms with Crippen LogP contribution >= 0.6 is 0 Å². The summed E-state index contributed by atoms with van der Waals surface area (Å²) >= 11 is 0. The molecule has 1 unspecified atom stereocenters. The van der Waals surface area contributed by atoms with Crippen LogP contribution in [0.4, 0.5) is 5.69 Å². The zero-order valence-corrected chi connectivity index (χ0v) is 17.1. The molecule has 0 amide bonds. The van der Waals surface area contributed by atoms with Crippen LogP contribution in [0.25, 0.3) is 0 Å². The quantitative estimate of drug-likeness (QED) is 0.536. The van der Waals surface area contributed by atoms with E-state index in [4.69, 9.17) is 0 Å². The van der Waals surface area contributed by atoms with Crippen LogP contribution < -0.4 is 14.9 Å². The number of para-hydroxylation sites is 1. The van der Waals surface area contributed by atoms with Gasteiger partial charge in [0.1, 0.15) is 0 Å². The van der Waals surface area contributed by atoms with Crippen molar-refractivity contribution in [3.8, 4) is 0 Å². The van der Waals surface area contributed by atoms with E-state index in [9.17, 15) is 8.42 Å². The highest BCUT2D eigenvalue weighted by atomic mass is 32.2. The fourth-order valence-electron chi connectivity index (χ4n) is 3.09. The Kier molecular flexibility index (Phi) is 7.32. The molecule has 1 aliphatic heterocycles. The van der Waals surface area contributed by atoms with Crippen molar-refractivity contribution in [3.05, 3.63) is 29.8 Å². The summed E-state index contributed by atoms with van der Waals surface area (Å²) in [5.74, 6) is 1.36. The van der Waals surface area contributed by atoms with Gasteiger partial charge in [0.05, 0.1) is 11.4 Å². The number of fused-ring (bicyclic) bond motifs is 1. The molecule has 1 aromatic rings. The monoisotopic (exact) mass is 380 g/mol. The lowest BCUT2D eigenvalue weighted by Gasteiger charge is -2.21. The zero-order valence-electron chi connectivity index (χ0n) is 16.3. The maximum absolute atomic E-state index is 12.7. The van der Waals surface area contributed by atoms with Crippen LogP contribution in [0.5, 0.6) is 0 Å². The largest absolute Gasteiger partial charge is 0.355 e. The lowest BCUT2D eigenvalue weighted by molar-refractivity contribution is 0.489. The van der Waals surface area contributed by atoms with Crippen molar-refractivity contribution in [1.82, 2.24) is 10.6 Å². The maximum Gasteiger partial charge on any atom is 0.236 e. The Bertz CT molecular complexity index is 716. The van der Waals surface area contributed by atoms with Crippen LogP contribution in [0, 0.1) is 5.92 Å². The van der Waals surface area contributed by atoms with Crippen molar-refractivity contribution in [2.45, 2.75) is 46.1 Å². The first-order valence-electron chi connectivity index (χ1n) is 9.39. The summed E-state index contributed by atoms with van der Waals surface area (Å²) < 4.78 is 26.9. The first-order valence-corrected chi connectivity index (χ1v) is 11.0. The summed E-state index contributed by atoms with van der Waals surface area (Å²) in [5, 5.41) is 6.45. The van der Waals surface area contributed by atoms with E-state index >= 15 is 0 Å². The highest BCUT2D eigenvalue weighted by molar-refractivity contribution is 7.92. The molecule has 2 N–H and O–H groups in total. The number of nitrogens with zero attached hydrogens (tertiary/aromatic N) is 2. The SMILES string of the molecule is CN=C(NCCS(=O)(=O)N1CCc2ccccc21)NC(C)CCC(C)C. The predicted octanol–water partition coefficient (Wildman–Crippen LogP) is 2.37. The number of aliphatic imine (C=N–C) groups is 1. The minimum atomic E-state index is -3.34. The molecule has 0 aliphatic carbocycles. The summed E-state index contributed by atoms with van der Waals surface area (Å²) in [5.41, 5.74) is 1.91. The molecular weight excluding hydrogens is 348 g/mol. The molecule has 26 heavy (non-hydrogen) atoms. The van der Waals surface area contributed by atoms with Crippen molar-refractivity contribution in [2.75, 3.05) is 30.2 Å². The zero-order chi connectivity index (χ0) is 19.2. The summed E-state index contributed by atoms with van der Waals surface area (Å²) in [6.45, 7) is 7.40. The molecule has 0 spiro atoms. The molecule has 0 bridgehead atoms. The van der Waals surface area contributed by atoms with E-state index in [2.05, 4.69) is 36.4 Å². The fraction of sp³-hybridized carbons (Fsp3) is 0.632. The van der Waals surface area contributed by atoms with Gasteiger partial charge < -0.3 is 10.6 Å². The molecule has 0 saturated heterocycles. The average Bonchev–Trinajstić information content (AvgIpc) is 3.04. The van der Waals surface area contributed by atoms with Crippen LogP contribution in [0.15, 0.2) is 29.3 Å². The van der Waals surface area contributed by atoms with Gasteiger partial charge in [0, 0.05) is 26.2 Å². The van der Waals surface area contributed by atoms with Gasteiger partial charge in [-0.1, -0.05) is 32.0 Å². The van der Waals surface area contributed by atoms with E-state index in [1.807, 2.05) is 24.3 Å². The minimum absolute atomic E-state index is 0.0441. The summed E-state index contributed by atoms with van der Waals surface area (Å²) in [6, 6.07) is 8.00. The van der Waals surface area contributed by atoms with E-state index in [-0.39, 0.29) is 5.75 Å². The van der Waals surface area contributed by atoms with Gasteiger partial charge in [-0.05, 0) is 43.7 Å². The van der Waals surface area contributed by atoms with E-state index < -0.39 is 10.0 Å². The van der Waals surface area contributed by atoms with E-state index in [0.717, 1.165) is 30.5 Å². The first-order chi connectivity index (χ1) is 12.3. The maximum atomic E-state index is 12.7. The van der Waals surface area contributed by atoms with Crippen LogP contribution in [-0.4, -0.2) is 46.3 Å². The minimum Gasteiger partial charge on any atom is -0.355 e. The molecule has 0 radical (unpaired) electrons. The molecule has 146 valence electrons. The number of guanidine groups is 1. The Labute approximate surface area is 158 Å². The third kappa shape index (κ3) is 5.62. The smallest absolute Gasteiger partial charge is 0.236 e. The Balaban J connectivity index is 1.84. The Morgan fingerprint density at radius 1 is 1.23 bits per heavy atom. The van der Waals surface area contributed by atoms with Crippen LogP contribution in [-0.2, 0) is 16.4 Å². The second-order valence-corrected chi connectivity index (χ2v) is 9.30. The van der Waals surface area contributed by atoms with E-state index in [1.165, 1.54) is 4.31 Å². The van der Waals surface area contributed by atoms with Gasteiger partial charge in [0.15, 0.2) is 5.96 Å². The fourth-order valence-corrected chi connectivity index (χ4v) is 4.52. The predicted molar refractivity (Wildman–Crippen MR) is 109 cm³/mol. The molecule has 6 nitrogen and oxygen atoms in total. The van der Waals surface area contributed by atoms with Gasteiger partial charge >= 0.3 is 0 Å². The van der Waals surface area contributed by atoms with Crippen LogP contribution in [0.3, 0.4) is 0 Å². The number of benzene rings is 1. The number of hydrogen-bond donors (Lipinski definition) is 2. The number of nitrogens with one attached hydrogen (secondary N) is 2. The molecular formula is C19H32N4O2S. The topological polar surface area (TPSA) is 73.8 Å². The van der Waals surface area contributed by atoms with Gasteiger partial charge in [-0.15, -0.1) is 0 Å². The molecule has 1 aromatic carbocycles. The van der Waals surface area contributed by atoms with E-state index in [0.29, 0.717) is 31.0 Å². The van der Waals surface area contributed by atoms with Gasteiger partial charge in [-0.3, -0.25) is 9.30 Å². The molecule has 0 fully saturated rings. The molecule has 1 atom stereocenters. The van der Waals surface area contributed by atoms with Crippen LogP contribution in [0.2, 0.25) is 0 Å². The summed E-state index contributed by atoms with van der Waals surface area (Å²) in [6.07, 6.45) is 2.98. The van der Waals surface area contributed by atoms with Crippen molar-refractivity contribution in [2.24, 2.45) is 10.9 Å². The van der Waals surface area contributed by atoms with E-state index in [1.54, 1.807) is 7.05 Å². The molecule has 7 heteroatoms. The van der Waals surface area contributed by atoms with Crippen molar-refractivity contribution < 1.29 is 8.42 Å². The van der Waals surface area contributed by atoms with Crippen molar-refractivity contribution >= 4 is 21.7 Å². The third-order valence-electron chi connectivity index (χ3n) is 4.62. The summed E-state index contributed by atoms with van der Waals surface area (Å²) in [4.78, 5) is 4.19. The molecule has 2 rings (SSSR count). The molecule has 0 aromatic heterocycles. The van der Waals surface area contributed by atoms with Crippen LogP contribution in [0.1, 0.15) is 39.2 Å². The first kappa shape index (κ1) is 20.6. The highest BCUT2D eigenvalue weighted by Gasteiger charge is 2.28. The number of hydrogen-bond acceptors (Lipinski definition) is 3. The van der Waals surface area contributed by atoms with Gasteiger partial charge in [-0.25, -0.2) is 8.42 Å². The Morgan fingerprint density at radius 2 is 1.96 bits per heavy atom. The van der Waals surface area contributed by atoms with Gasteiger partial charge in [-0.2, -0.15) is 0 Å². The number of anilines is 1. The second kappa shape index (κ2) is 9.26. The average molecular weight is 381 g/mol. The molecule has 1 heterocycles. The second-order valence-electron chi connectivity index (χ2n) is 7.28.